The molecule has 2 aliphatic rings. The van der Waals surface area contributed by atoms with Crippen molar-refractivity contribution in [1.29, 1.82) is 0 Å². The zero-order valence-electron chi connectivity index (χ0n) is 14.0. The van der Waals surface area contributed by atoms with Crippen molar-refractivity contribution in [1.82, 2.24) is 5.32 Å². The Morgan fingerprint density at radius 3 is 2.87 bits per heavy atom. The van der Waals surface area contributed by atoms with Crippen LogP contribution < -0.4 is 19.7 Å². The zero-order valence-corrected chi connectivity index (χ0v) is 14.0. The Balaban J connectivity index is 1.62. The molecule has 0 aromatic heterocycles. The van der Waals surface area contributed by atoms with E-state index in [1.54, 1.807) is 12.0 Å². The van der Waals surface area contributed by atoms with Gasteiger partial charge in [-0.05, 0) is 49.7 Å². The summed E-state index contributed by atoms with van der Waals surface area (Å²) < 4.78 is 11.3. The molecule has 2 fully saturated rings. The SMILES string of the molecule is COc1ccc(N2CCCNC2=O)cc1OCCC[C@H]1C[C@H]1C. The predicted molar refractivity (Wildman–Crippen MR) is 90.4 cm³/mol. The molecule has 1 saturated heterocycles. The number of carbonyl (C=O) groups is 1. The van der Waals surface area contributed by atoms with Gasteiger partial charge in [0.15, 0.2) is 11.5 Å². The van der Waals surface area contributed by atoms with Gasteiger partial charge in [0.25, 0.3) is 0 Å². The molecule has 2 atom stereocenters. The minimum Gasteiger partial charge on any atom is -0.493 e. The Bertz CT molecular complexity index is 561. The molecule has 0 radical (unpaired) electrons. The Kier molecular flexibility index (Phi) is 4.94. The summed E-state index contributed by atoms with van der Waals surface area (Å²) in [5, 5.41) is 2.87. The van der Waals surface area contributed by atoms with Gasteiger partial charge in [0, 0.05) is 24.8 Å². The minimum atomic E-state index is -0.0462. The highest BCUT2D eigenvalue weighted by atomic mass is 16.5. The van der Waals surface area contributed by atoms with Crippen molar-refractivity contribution in [2.75, 3.05) is 31.7 Å². The number of amides is 2. The van der Waals surface area contributed by atoms with Gasteiger partial charge in [-0.25, -0.2) is 4.79 Å². The average molecular weight is 318 g/mol. The molecule has 1 heterocycles. The minimum absolute atomic E-state index is 0.0462. The summed E-state index contributed by atoms with van der Waals surface area (Å²) in [5.74, 6) is 3.22. The van der Waals surface area contributed by atoms with E-state index < -0.39 is 0 Å². The van der Waals surface area contributed by atoms with Gasteiger partial charge in [0.1, 0.15) is 0 Å². The third-order valence-electron chi connectivity index (χ3n) is 4.79. The monoisotopic (exact) mass is 318 g/mol. The van der Waals surface area contributed by atoms with Crippen LogP contribution in [0.1, 0.15) is 32.6 Å². The lowest BCUT2D eigenvalue weighted by atomic mass is 10.2. The van der Waals surface area contributed by atoms with Crippen LogP contribution in [0, 0.1) is 11.8 Å². The molecule has 5 nitrogen and oxygen atoms in total. The van der Waals surface area contributed by atoms with Crippen LogP contribution >= 0.6 is 0 Å². The van der Waals surface area contributed by atoms with Gasteiger partial charge in [-0.1, -0.05) is 6.92 Å². The molecule has 1 aromatic carbocycles. The van der Waals surface area contributed by atoms with E-state index in [1.165, 1.54) is 12.8 Å². The van der Waals surface area contributed by atoms with Crippen LogP contribution in [0.15, 0.2) is 18.2 Å². The fourth-order valence-corrected chi connectivity index (χ4v) is 3.15. The Morgan fingerprint density at radius 2 is 2.17 bits per heavy atom. The van der Waals surface area contributed by atoms with Crippen molar-refractivity contribution in [3.63, 3.8) is 0 Å². The number of hydrogen-bond donors (Lipinski definition) is 1. The highest BCUT2D eigenvalue weighted by molar-refractivity contribution is 5.93. The molecule has 1 aromatic rings. The predicted octanol–water partition coefficient (Wildman–Crippen LogP) is 3.43. The molecule has 126 valence electrons. The number of rotatable bonds is 7. The lowest BCUT2D eigenvalue weighted by molar-refractivity contribution is 0.242. The van der Waals surface area contributed by atoms with Crippen LogP contribution in [0.2, 0.25) is 0 Å². The molecule has 3 rings (SSSR count). The molecular weight excluding hydrogens is 292 g/mol. The number of nitrogens with one attached hydrogen (secondary N) is 1. The molecule has 2 amide bonds. The number of urea groups is 1. The second-order valence-corrected chi connectivity index (χ2v) is 6.54. The number of hydrogen-bond acceptors (Lipinski definition) is 3. The van der Waals surface area contributed by atoms with Crippen molar-refractivity contribution in [3.8, 4) is 11.5 Å². The fourth-order valence-electron chi connectivity index (χ4n) is 3.15. The van der Waals surface area contributed by atoms with E-state index in [2.05, 4.69) is 12.2 Å². The number of methoxy groups -OCH3 is 1. The molecule has 1 aliphatic heterocycles. The highest BCUT2D eigenvalue weighted by Crippen LogP contribution is 2.41. The number of ether oxygens (including phenoxy) is 2. The summed E-state index contributed by atoms with van der Waals surface area (Å²) in [5.41, 5.74) is 0.855. The van der Waals surface area contributed by atoms with Crippen molar-refractivity contribution >= 4 is 11.7 Å². The second-order valence-electron chi connectivity index (χ2n) is 6.54. The summed E-state index contributed by atoms with van der Waals surface area (Å²) in [6.45, 7) is 4.47. The van der Waals surface area contributed by atoms with E-state index in [-0.39, 0.29) is 6.03 Å². The summed E-state index contributed by atoms with van der Waals surface area (Å²) in [6, 6.07) is 5.64. The van der Waals surface area contributed by atoms with E-state index in [9.17, 15) is 4.79 Å². The zero-order chi connectivity index (χ0) is 16.2. The van der Waals surface area contributed by atoms with Gasteiger partial charge < -0.3 is 14.8 Å². The van der Waals surface area contributed by atoms with Gasteiger partial charge in [-0.3, -0.25) is 4.90 Å². The summed E-state index contributed by atoms with van der Waals surface area (Å²) in [6.07, 6.45) is 4.61. The standard InChI is InChI=1S/C18H26N2O3/c1-13-11-14(13)5-3-10-23-17-12-15(6-7-16(17)22-2)20-9-4-8-19-18(20)21/h6-7,12-14H,3-5,8-11H2,1-2H3,(H,19,21)/t13-,14+/m1/s1. The number of carbonyl (C=O) groups excluding carboxylic acids is 1. The first-order valence-corrected chi connectivity index (χ1v) is 8.55. The maximum absolute atomic E-state index is 12.0. The molecule has 1 N–H and O–H groups in total. The quantitative estimate of drug-likeness (QED) is 0.784. The molecule has 23 heavy (non-hydrogen) atoms. The lowest BCUT2D eigenvalue weighted by Gasteiger charge is -2.28. The third-order valence-corrected chi connectivity index (χ3v) is 4.79. The fraction of sp³-hybridized carbons (Fsp3) is 0.611. The molecule has 0 unspecified atom stereocenters. The van der Waals surface area contributed by atoms with Crippen LogP contribution in [0.3, 0.4) is 0 Å². The van der Waals surface area contributed by atoms with Crippen molar-refractivity contribution in [2.45, 2.75) is 32.6 Å². The van der Waals surface area contributed by atoms with Crippen LogP contribution in [0.25, 0.3) is 0 Å². The van der Waals surface area contributed by atoms with Crippen molar-refractivity contribution < 1.29 is 14.3 Å². The van der Waals surface area contributed by atoms with E-state index in [0.717, 1.165) is 43.5 Å². The third kappa shape index (κ3) is 3.89. The number of anilines is 1. The summed E-state index contributed by atoms with van der Waals surface area (Å²) >= 11 is 0. The Hall–Kier alpha value is -1.91. The topological polar surface area (TPSA) is 50.8 Å². The van der Waals surface area contributed by atoms with Gasteiger partial charge in [0.2, 0.25) is 0 Å². The molecular formula is C18H26N2O3. The molecule has 0 bridgehead atoms. The van der Waals surface area contributed by atoms with Gasteiger partial charge >= 0.3 is 6.03 Å². The van der Waals surface area contributed by atoms with E-state index in [1.807, 2.05) is 18.2 Å². The van der Waals surface area contributed by atoms with E-state index >= 15 is 0 Å². The highest BCUT2D eigenvalue weighted by Gasteiger charge is 2.31. The van der Waals surface area contributed by atoms with Crippen LogP contribution in [0.4, 0.5) is 10.5 Å². The molecule has 1 aliphatic carbocycles. The number of benzene rings is 1. The van der Waals surface area contributed by atoms with E-state index in [4.69, 9.17) is 9.47 Å². The average Bonchev–Trinajstić information content (AvgIpc) is 3.27. The van der Waals surface area contributed by atoms with Crippen LogP contribution in [0.5, 0.6) is 11.5 Å². The maximum Gasteiger partial charge on any atom is 0.321 e. The first-order valence-electron chi connectivity index (χ1n) is 8.55. The molecule has 1 saturated carbocycles. The Morgan fingerprint density at radius 1 is 1.35 bits per heavy atom. The van der Waals surface area contributed by atoms with Gasteiger partial charge in [-0.2, -0.15) is 0 Å². The lowest BCUT2D eigenvalue weighted by Crippen LogP contribution is -2.46. The van der Waals surface area contributed by atoms with Crippen LogP contribution in [-0.2, 0) is 0 Å². The molecule has 5 heteroatoms. The maximum atomic E-state index is 12.0. The van der Waals surface area contributed by atoms with E-state index in [0.29, 0.717) is 18.1 Å². The Labute approximate surface area is 137 Å². The smallest absolute Gasteiger partial charge is 0.321 e. The van der Waals surface area contributed by atoms with Gasteiger partial charge in [-0.15, -0.1) is 0 Å². The largest absolute Gasteiger partial charge is 0.493 e. The first kappa shape index (κ1) is 16.0. The van der Waals surface area contributed by atoms with Crippen molar-refractivity contribution in [3.05, 3.63) is 18.2 Å². The number of nitrogens with zero attached hydrogens (tertiary/aromatic N) is 1. The van der Waals surface area contributed by atoms with Crippen molar-refractivity contribution in [2.24, 2.45) is 11.8 Å². The summed E-state index contributed by atoms with van der Waals surface area (Å²) in [4.78, 5) is 13.7. The van der Waals surface area contributed by atoms with Gasteiger partial charge in [0.05, 0.1) is 13.7 Å². The first-order chi connectivity index (χ1) is 11.2. The normalized spacial score (nSPS) is 23.4. The molecule has 0 spiro atoms. The second kappa shape index (κ2) is 7.11. The van der Waals surface area contributed by atoms with Crippen LogP contribution in [-0.4, -0.2) is 32.8 Å². The summed E-state index contributed by atoms with van der Waals surface area (Å²) in [7, 11) is 1.64.